The summed E-state index contributed by atoms with van der Waals surface area (Å²) in [5.74, 6) is -0.783. The van der Waals surface area contributed by atoms with Crippen LogP contribution in [0.3, 0.4) is 0 Å². The van der Waals surface area contributed by atoms with Gasteiger partial charge in [0.25, 0.3) is 0 Å². The average molecular weight is 222 g/mol. The van der Waals surface area contributed by atoms with E-state index in [1.807, 2.05) is 19.9 Å². The van der Waals surface area contributed by atoms with Gasteiger partial charge in [-0.25, -0.2) is 0 Å². The molecule has 4 heteroatoms. The van der Waals surface area contributed by atoms with Gasteiger partial charge in [-0.15, -0.1) is 0 Å². The Morgan fingerprint density at radius 3 is 1.94 bits per heavy atom. The molecule has 0 heterocycles. The van der Waals surface area contributed by atoms with E-state index < -0.39 is 5.88 Å². The maximum atomic E-state index is 9.16. The number of hydrogen-bond donors (Lipinski definition) is 4. The van der Waals surface area contributed by atoms with Crippen LogP contribution in [0.1, 0.15) is 19.4 Å². The molecule has 0 radical (unpaired) electrons. The zero-order valence-corrected chi connectivity index (χ0v) is 9.51. The van der Waals surface area contributed by atoms with Crippen molar-refractivity contribution in [3.63, 3.8) is 0 Å². The van der Waals surface area contributed by atoms with Gasteiger partial charge < -0.3 is 21.7 Å². The van der Waals surface area contributed by atoms with Crippen LogP contribution < -0.4 is 11.5 Å². The maximum absolute atomic E-state index is 9.16. The van der Waals surface area contributed by atoms with Crippen molar-refractivity contribution in [2.45, 2.75) is 13.8 Å². The molecular weight excluding hydrogens is 204 g/mol. The Bertz CT molecular complexity index is 362. The van der Waals surface area contributed by atoms with E-state index in [2.05, 4.69) is 0 Å². The van der Waals surface area contributed by atoms with Crippen molar-refractivity contribution in [3.05, 3.63) is 53.7 Å². The molecule has 0 aliphatic rings. The number of aliphatic hydroxyl groups excluding tert-OH is 2. The van der Waals surface area contributed by atoms with E-state index in [0.29, 0.717) is 11.1 Å². The molecule has 0 saturated heterocycles. The van der Waals surface area contributed by atoms with Gasteiger partial charge in [0.05, 0.1) is 0 Å². The lowest BCUT2D eigenvalue weighted by Gasteiger charge is -2.03. The summed E-state index contributed by atoms with van der Waals surface area (Å²) in [4.78, 5) is 0. The first-order chi connectivity index (χ1) is 7.61. The minimum absolute atomic E-state index is 0.297. The number of hydrogen-bond acceptors (Lipinski definition) is 4. The number of nitrogens with two attached hydrogens (primary N) is 2. The van der Waals surface area contributed by atoms with Gasteiger partial charge in [0.15, 0.2) is 11.8 Å². The normalized spacial score (nSPS) is 12.2. The second-order valence-corrected chi connectivity index (χ2v) is 2.73. The SMILES string of the molecule is CC.N/C(O)=C(\C=C(/N)O)c1ccccc1. The molecule has 88 valence electrons. The van der Waals surface area contributed by atoms with Crippen molar-refractivity contribution in [3.8, 4) is 0 Å². The Kier molecular flexibility index (Phi) is 6.28. The molecule has 1 aromatic rings. The van der Waals surface area contributed by atoms with E-state index in [4.69, 9.17) is 21.7 Å². The zero-order valence-electron chi connectivity index (χ0n) is 9.51. The topological polar surface area (TPSA) is 92.5 Å². The van der Waals surface area contributed by atoms with Gasteiger partial charge in [0.1, 0.15) is 0 Å². The summed E-state index contributed by atoms with van der Waals surface area (Å²) >= 11 is 0. The Balaban J connectivity index is 0.00000106. The standard InChI is InChI=1S/C10H12N2O2.C2H6/c11-9(13)6-8(10(12)14)7-4-2-1-3-5-7;1-2/h1-6,13-14H,11-12H2;1-2H3/b9-6+,10-8-;. The predicted molar refractivity (Wildman–Crippen MR) is 66.4 cm³/mol. The molecule has 1 rings (SSSR count). The minimum atomic E-state index is -0.402. The minimum Gasteiger partial charge on any atom is -0.495 e. The quantitative estimate of drug-likeness (QED) is 0.456. The van der Waals surface area contributed by atoms with Gasteiger partial charge in [-0.2, -0.15) is 0 Å². The largest absolute Gasteiger partial charge is 0.495 e. The van der Waals surface area contributed by atoms with E-state index in [9.17, 15) is 0 Å². The van der Waals surface area contributed by atoms with Crippen LogP contribution in [-0.2, 0) is 0 Å². The van der Waals surface area contributed by atoms with Crippen LogP contribution in [0.15, 0.2) is 48.2 Å². The second-order valence-electron chi connectivity index (χ2n) is 2.73. The molecule has 0 amide bonds. The van der Waals surface area contributed by atoms with E-state index in [-0.39, 0.29) is 5.88 Å². The lowest BCUT2D eigenvalue weighted by Crippen LogP contribution is -2.02. The van der Waals surface area contributed by atoms with Crippen LogP contribution in [-0.4, -0.2) is 10.2 Å². The summed E-state index contributed by atoms with van der Waals surface area (Å²) in [6, 6.07) is 8.91. The first-order valence-electron chi connectivity index (χ1n) is 5.01. The van der Waals surface area contributed by atoms with E-state index in [1.54, 1.807) is 24.3 Å². The molecule has 0 aliphatic carbocycles. The molecule has 0 atom stereocenters. The number of aliphatic hydroxyl groups is 2. The van der Waals surface area contributed by atoms with Crippen molar-refractivity contribution >= 4 is 5.57 Å². The molecular formula is C12H18N2O2. The third-order valence-corrected chi connectivity index (χ3v) is 1.65. The molecule has 1 aromatic carbocycles. The summed E-state index contributed by atoms with van der Waals surface area (Å²) in [5.41, 5.74) is 11.3. The monoisotopic (exact) mass is 222 g/mol. The zero-order chi connectivity index (χ0) is 12.6. The molecule has 0 unspecified atom stereocenters. The fourth-order valence-corrected chi connectivity index (χ4v) is 1.07. The van der Waals surface area contributed by atoms with Crippen molar-refractivity contribution in [1.82, 2.24) is 0 Å². The Hall–Kier alpha value is -2.10. The third kappa shape index (κ3) is 4.41. The smallest absolute Gasteiger partial charge is 0.189 e. The van der Waals surface area contributed by atoms with Gasteiger partial charge in [-0.05, 0) is 5.56 Å². The Morgan fingerprint density at radius 2 is 1.56 bits per heavy atom. The highest BCUT2D eigenvalue weighted by Crippen LogP contribution is 2.16. The first kappa shape index (κ1) is 13.9. The van der Waals surface area contributed by atoms with Crippen molar-refractivity contribution in [2.75, 3.05) is 0 Å². The summed E-state index contributed by atoms with van der Waals surface area (Å²) in [6.45, 7) is 4.00. The van der Waals surface area contributed by atoms with E-state index in [1.165, 1.54) is 6.08 Å². The average Bonchev–Trinajstić information content (AvgIpc) is 2.29. The Morgan fingerprint density at radius 1 is 1.06 bits per heavy atom. The lowest BCUT2D eigenvalue weighted by molar-refractivity contribution is 0.400. The van der Waals surface area contributed by atoms with Gasteiger partial charge in [-0.1, -0.05) is 44.2 Å². The lowest BCUT2D eigenvalue weighted by atomic mass is 10.1. The Labute approximate surface area is 95.5 Å². The fraction of sp³-hybridized carbons (Fsp3) is 0.167. The third-order valence-electron chi connectivity index (χ3n) is 1.65. The summed E-state index contributed by atoms with van der Waals surface area (Å²) in [6.07, 6.45) is 1.20. The van der Waals surface area contributed by atoms with Crippen LogP contribution in [0.5, 0.6) is 0 Å². The molecule has 6 N–H and O–H groups in total. The summed E-state index contributed by atoms with van der Waals surface area (Å²) in [5, 5.41) is 18.0. The highest BCUT2D eigenvalue weighted by atomic mass is 16.3. The van der Waals surface area contributed by atoms with Crippen LogP contribution in [0.25, 0.3) is 5.57 Å². The van der Waals surface area contributed by atoms with Gasteiger partial charge in [-0.3, -0.25) is 0 Å². The highest BCUT2D eigenvalue weighted by molar-refractivity contribution is 5.75. The van der Waals surface area contributed by atoms with Crippen LogP contribution >= 0.6 is 0 Å². The van der Waals surface area contributed by atoms with Crippen molar-refractivity contribution in [2.24, 2.45) is 11.5 Å². The number of benzene rings is 1. The molecule has 0 saturated carbocycles. The van der Waals surface area contributed by atoms with E-state index in [0.717, 1.165) is 0 Å². The molecule has 0 aliphatic heterocycles. The molecule has 4 nitrogen and oxygen atoms in total. The molecule has 0 aromatic heterocycles. The van der Waals surface area contributed by atoms with Crippen LogP contribution in [0.4, 0.5) is 0 Å². The van der Waals surface area contributed by atoms with Gasteiger partial charge >= 0.3 is 0 Å². The molecule has 0 fully saturated rings. The number of rotatable bonds is 2. The van der Waals surface area contributed by atoms with Crippen LogP contribution in [0.2, 0.25) is 0 Å². The van der Waals surface area contributed by atoms with E-state index >= 15 is 0 Å². The van der Waals surface area contributed by atoms with Crippen molar-refractivity contribution in [1.29, 1.82) is 0 Å². The van der Waals surface area contributed by atoms with Crippen molar-refractivity contribution < 1.29 is 10.2 Å². The summed E-state index contributed by atoms with van der Waals surface area (Å²) < 4.78 is 0. The number of allylic oxidation sites excluding steroid dienone is 2. The summed E-state index contributed by atoms with van der Waals surface area (Å²) in [7, 11) is 0. The molecule has 0 spiro atoms. The molecule has 16 heavy (non-hydrogen) atoms. The first-order valence-corrected chi connectivity index (χ1v) is 5.01. The fourth-order valence-electron chi connectivity index (χ4n) is 1.07. The van der Waals surface area contributed by atoms with Gasteiger partial charge in [0, 0.05) is 11.6 Å². The second kappa shape index (κ2) is 7.23. The highest BCUT2D eigenvalue weighted by Gasteiger charge is 2.03. The predicted octanol–water partition coefficient (Wildman–Crippen LogP) is 2.26. The maximum Gasteiger partial charge on any atom is 0.189 e. The van der Waals surface area contributed by atoms with Gasteiger partial charge in [0.2, 0.25) is 0 Å². The molecule has 0 bridgehead atoms. The van der Waals surface area contributed by atoms with Crippen LogP contribution in [0, 0.1) is 0 Å².